The number of carboxylic acid groups (broad SMARTS) is 1. The third-order valence-corrected chi connectivity index (χ3v) is 13.5. The number of amides is 11. The highest BCUT2D eigenvalue weighted by atomic mass is 16.4. The maximum atomic E-state index is 14.4. The molecule has 0 saturated carbocycles. The minimum atomic E-state index is -1.73. The quantitative estimate of drug-likeness (QED) is 0.0279. The Bertz CT molecular complexity index is 1940. The maximum Gasteiger partial charge on any atom is 0.324 e. The van der Waals surface area contributed by atoms with Crippen LogP contribution in [0.25, 0.3) is 0 Å². The van der Waals surface area contributed by atoms with Crippen molar-refractivity contribution < 1.29 is 73.2 Å². The lowest BCUT2D eigenvalue weighted by atomic mass is 10.1. The van der Waals surface area contributed by atoms with Crippen molar-refractivity contribution in [3.8, 4) is 0 Å². The molecule has 11 amide bonds. The van der Waals surface area contributed by atoms with E-state index in [1.807, 2.05) is 0 Å². The Morgan fingerprint density at radius 1 is 0.537 bits per heavy atom. The number of hydrogen-bond donors (Lipinski definition) is 15. The molecule has 7 unspecified atom stereocenters. The summed E-state index contributed by atoms with van der Waals surface area (Å²) in [5.41, 5.74) is 22.3. The van der Waals surface area contributed by atoms with E-state index in [9.17, 15) is 73.2 Å². The number of hydrogen-bond acceptors (Lipinski definition) is 17. The molecule has 0 bridgehead atoms. The largest absolute Gasteiger partial charge is 0.481 e. The molecule has 19 N–H and O–H groups in total. The number of nitrogens with zero attached hydrogens (tertiary/aromatic N) is 2. The Kier molecular flexibility index (Phi) is 38.5. The first-order valence-electron chi connectivity index (χ1n) is 28.5. The molecule has 0 aromatic rings. The molecule has 1 saturated heterocycles. The Hall–Kier alpha value is -6.07. The van der Waals surface area contributed by atoms with E-state index in [4.69, 9.17) is 22.9 Å². The van der Waals surface area contributed by atoms with E-state index in [1.165, 1.54) is 43.4 Å². The molecule has 0 radical (unpaired) electrons. The summed E-state index contributed by atoms with van der Waals surface area (Å²) >= 11 is 0. The van der Waals surface area contributed by atoms with Crippen LogP contribution in [-0.2, 0) is 47.9 Å². The van der Waals surface area contributed by atoms with Gasteiger partial charge < -0.3 is 85.5 Å². The van der Waals surface area contributed by atoms with E-state index in [0.29, 0.717) is 51.5 Å². The monoisotopic (exact) mass is 1140 g/mol. The SMILES string of the molecule is CCCCCCCCCCCCCC(=O)NCC(=O)NC(CO)C(=O)NC(CO)C(=O)NC(CCCCN)C(=O)NC(CO)C(=O)NC(CCCCN)C(=O)N1CCCC1C(=O)N(CCCCCN)C(=O)NC(CC(=O)O)C(N)=O. The van der Waals surface area contributed by atoms with Crippen LogP contribution in [0, 0.1) is 0 Å². The third-order valence-electron chi connectivity index (χ3n) is 13.5. The van der Waals surface area contributed by atoms with Crippen molar-refractivity contribution in [3.05, 3.63) is 0 Å². The highest BCUT2D eigenvalue weighted by Gasteiger charge is 2.42. The van der Waals surface area contributed by atoms with Gasteiger partial charge in [-0.15, -0.1) is 0 Å². The lowest BCUT2D eigenvalue weighted by molar-refractivity contribution is -0.144. The lowest BCUT2D eigenvalue weighted by Crippen LogP contribution is -2.61. The molecule has 1 heterocycles. The van der Waals surface area contributed by atoms with Crippen LogP contribution in [0.2, 0.25) is 0 Å². The molecule has 0 aromatic carbocycles. The number of likely N-dealkylation sites (tertiary alicyclic amines) is 1. The van der Waals surface area contributed by atoms with Gasteiger partial charge in [0.1, 0.15) is 42.3 Å². The molecule has 28 nitrogen and oxygen atoms in total. The summed E-state index contributed by atoms with van der Waals surface area (Å²) in [6, 6.07) is -11.9. The second kappa shape index (κ2) is 42.8. The molecule has 1 aliphatic rings. The van der Waals surface area contributed by atoms with Crippen molar-refractivity contribution in [3.63, 3.8) is 0 Å². The van der Waals surface area contributed by atoms with Gasteiger partial charge in [0, 0.05) is 19.5 Å². The van der Waals surface area contributed by atoms with Gasteiger partial charge in [-0.1, -0.05) is 77.6 Å². The van der Waals surface area contributed by atoms with Crippen LogP contribution < -0.4 is 60.2 Å². The van der Waals surface area contributed by atoms with E-state index >= 15 is 0 Å². The lowest BCUT2D eigenvalue weighted by Gasteiger charge is -2.32. The van der Waals surface area contributed by atoms with Gasteiger partial charge in [-0.05, 0) is 90.3 Å². The number of unbranched alkanes of at least 4 members (excludes halogenated alkanes) is 14. The van der Waals surface area contributed by atoms with Crippen LogP contribution in [0.1, 0.15) is 161 Å². The van der Waals surface area contributed by atoms with Crippen LogP contribution in [0.5, 0.6) is 0 Å². The zero-order chi connectivity index (χ0) is 59.8. The van der Waals surface area contributed by atoms with Gasteiger partial charge in [-0.2, -0.15) is 0 Å². The minimum Gasteiger partial charge on any atom is -0.481 e. The van der Waals surface area contributed by atoms with E-state index in [1.54, 1.807) is 0 Å². The van der Waals surface area contributed by atoms with Crippen LogP contribution >= 0.6 is 0 Å². The Morgan fingerprint density at radius 3 is 1.49 bits per heavy atom. The fraction of sp³-hybridized carbons (Fsp3) is 0.788. The fourth-order valence-corrected chi connectivity index (χ4v) is 8.84. The predicted octanol–water partition coefficient (Wildman–Crippen LogP) is -2.55. The maximum absolute atomic E-state index is 14.4. The number of primary amides is 1. The molecule has 0 aromatic heterocycles. The Labute approximate surface area is 469 Å². The van der Waals surface area contributed by atoms with Crippen molar-refractivity contribution in [1.29, 1.82) is 0 Å². The number of nitrogens with two attached hydrogens (primary N) is 4. The van der Waals surface area contributed by atoms with E-state index < -0.39 is 134 Å². The van der Waals surface area contributed by atoms with Gasteiger partial charge in [0.05, 0.1) is 32.8 Å². The number of carboxylic acids is 1. The van der Waals surface area contributed by atoms with Crippen molar-refractivity contribution in [2.75, 3.05) is 59.1 Å². The zero-order valence-corrected chi connectivity index (χ0v) is 46.9. The Balaban J connectivity index is 3.09. The summed E-state index contributed by atoms with van der Waals surface area (Å²) in [4.78, 5) is 147. The molecule has 0 aliphatic carbocycles. The highest BCUT2D eigenvalue weighted by Crippen LogP contribution is 2.23. The summed E-state index contributed by atoms with van der Waals surface area (Å²) in [6.07, 6.45) is 14.4. The van der Waals surface area contributed by atoms with Crippen LogP contribution in [0.15, 0.2) is 0 Å². The first-order chi connectivity index (χ1) is 38.3. The molecular weight excluding hydrogens is 1050 g/mol. The number of imide groups is 1. The molecule has 7 atom stereocenters. The van der Waals surface area contributed by atoms with Crippen LogP contribution in [-0.4, -0.2) is 197 Å². The number of aliphatic hydroxyl groups excluding tert-OH is 3. The second-order valence-electron chi connectivity index (χ2n) is 20.1. The van der Waals surface area contributed by atoms with Crippen LogP contribution in [0.3, 0.4) is 0 Å². The molecule has 80 heavy (non-hydrogen) atoms. The summed E-state index contributed by atoms with van der Waals surface area (Å²) in [6.45, 7) is -0.701. The number of aliphatic hydroxyl groups is 3. The second-order valence-corrected chi connectivity index (χ2v) is 20.1. The molecule has 1 aliphatic heterocycles. The molecule has 28 heteroatoms. The van der Waals surface area contributed by atoms with Gasteiger partial charge in [-0.25, -0.2) is 4.79 Å². The van der Waals surface area contributed by atoms with Gasteiger partial charge in [0.25, 0.3) is 5.91 Å². The molecular formula is C52H95N13O15. The zero-order valence-electron chi connectivity index (χ0n) is 46.9. The highest BCUT2D eigenvalue weighted by molar-refractivity contribution is 6.02. The van der Waals surface area contributed by atoms with Crippen molar-refractivity contribution in [2.24, 2.45) is 22.9 Å². The first kappa shape index (κ1) is 71.9. The Morgan fingerprint density at radius 2 is 0.988 bits per heavy atom. The van der Waals surface area contributed by atoms with Gasteiger partial charge >= 0.3 is 12.0 Å². The number of rotatable bonds is 45. The van der Waals surface area contributed by atoms with E-state index in [2.05, 4.69) is 44.1 Å². The van der Waals surface area contributed by atoms with Crippen molar-refractivity contribution in [2.45, 2.75) is 203 Å². The number of carbonyl (C=O) groups excluding carboxylic acids is 10. The first-order valence-corrected chi connectivity index (χ1v) is 28.5. The molecule has 458 valence electrons. The fourth-order valence-electron chi connectivity index (χ4n) is 8.84. The summed E-state index contributed by atoms with van der Waals surface area (Å²) in [7, 11) is 0. The number of nitrogens with one attached hydrogen (secondary N) is 7. The van der Waals surface area contributed by atoms with Crippen molar-refractivity contribution >= 4 is 65.2 Å². The number of urea groups is 1. The van der Waals surface area contributed by atoms with Gasteiger partial charge in [0.15, 0.2) is 0 Å². The van der Waals surface area contributed by atoms with E-state index in [0.717, 1.165) is 30.6 Å². The topological polar surface area (TPSA) is 463 Å². The van der Waals surface area contributed by atoms with Crippen LogP contribution in [0.4, 0.5) is 4.79 Å². The normalized spacial score (nSPS) is 15.2. The molecule has 0 spiro atoms. The van der Waals surface area contributed by atoms with E-state index in [-0.39, 0.29) is 70.6 Å². The number of carbonyl (C=O) groups is 11. The molecule has 1 fully saturated rings. The average Bonchev–Trinajstić information content (AvgIpc) is 3.93. The van der Waals surface area contributed by atoms with Gasteiger partial charge in [-0.3, -0.25) is 52.8 Å². The van der Waals surface area contributed by atoms with Gasteiger partial charge in [0.2, 0.25) is 47.3 Å². The molecule has 1 rings (SSSR count). The third kappa shape index (κ3) is 28.9. The smallest absolute Gasteiger partial charge is 0.324 e. The summed E-state index contributed by atoms with van der Waals surface area (Å²) in [5.74, 6) is -9.60. The minimum absolute atomic E-state index is 0.0121. The predicted molar refractivity (Wildman–Crippen MR) is 294 cm³/mol. The van der Waals surface area contributed by atoms with Crippen molar-refractivity contribution in [1.82, 2.24) is 47.0 Å². The average molecular weight is 1140 g/mol. The summed E-state index contributed by atoms with van der Waals surface area (Å²) in [5, 5.41) is 56.2. The standard InChI is InChI=1S/C52H95N13O15/c1-2-3-4-5-6-7-8-9-10-11-13-24-42(69)57-31-43(70)58-38(32-66)47(75)62-39(33-67)48(76)59-35(21-14-17-26-54)46(74)61-40(34-68)49(77)60-36(22-15-18-27-55)50(78)64-29-20-23-41(64)51(79)65(28-19-12-16-25-53)52(80)63-37(45(56)73)30-44(71)72/h35-41,66-68H,2-34,53-55H2,1H3,(H2,56,73)(H,57,69)(H,58,70)(H,59,76)(H,60,77)(H,61,74)(H,62,75)(H,63,80)(H,71,72). The number of aliphatic carboxylic acids is 1. The summed E-state index contributed by atoms with van der Waals surface area (Å²) < 4.78 is 0.